The van der Waals surface area contributed by atoms with Crippen LogP contribution in [0.2, 0.25) is 0 Å². The lowest BCUT2D eigenvalue weighted by molar-refractivity contribution is -0.121. The van der Waals surface area contributed by atoms with Crippen LogP contribution in [0.25, 0.3) is 11.0 Å². The Morgan fingerprint density at radius 2 is 2.00 bits per heavy atom. The van der Waals surface area contributed by atoms with Crippen molar-refractivity contribution in [3.63, 3.8) is 0 Å². The van der Waals surface area contributed by atoms with Crippen LogP contribution in [0.4, 0.5) is 0 Å². The largest absolute Gasteiger partial charge is 0.456 e. The predicted molar refractivity (Wildman–Crippen MR) is 89.6 cm³/mol. The van der Waals surface area contributed by atoms with Crippen LogP contribution in [0.1, 0.15) is 63.1 Å². The van der Waals surface area contributed by atoms with Gasteiger partial charge in [-0.15, -0.1) is 0 Å². The first kappa shape index (κ1) is 17.2. The van der Waals surface area contributed by atoms with Crippen molar-refractivity contribution in [3.05, 3.63) is 29.6 Å². The molecule has 2 rings (SSSR count). The number of aromatic nitrogens is 2. The van der Waals surface area contributed by atoms with Crippen molar-refractivity contribution in [2.75, 3.05) is 0 Å². The number of nitrogens with zero attached hydrogens (tertiary/aromatic N) is 2. The van der Waals surface area contributed by atoms with Gasteiger partial charge in [-0.3, -0.25) is 4.79 Å². The highest BCUT2D eigenvalue weighted by Crippen LogP contribution is 2.30. The SMILES string of the molecule is CCC(=O)C(C)n1c(C)c(C(=O)OC(C)(C)C)c2cccnc21. The average Bonchev–Trinajstić information content (AvgIpc) is 2.75. The third-order valence-corrected chi connectivity index (χ3v) is 3.81. The number of Topliss-reactive ketones (excluding diaryl/α,β-unsaturated/α-hetero) is 1. The topological polar surface area (TPSA) is 61.2 Å². The first-order valence-electron chi connectivity index (χ1n) is 7.89. The Morgan fingerprint density at radius 1 is 1.35 bits per heavy atom. The summed E-state index contributed by atoms with van der Waals surface area (Å²) < 4.78 is 7.36. The van der Waals surface area contributed by atoms with Crippen molar-refractivity contribution in [2.24, 2.45) is 0 Å². The molecule has 23 heavy (non-hydrogen) atoms. The van der Waals surface area contributed by atoms with Crippen LogP contribution in [0.15, 0.2) is 18.3 Å². The van der Waals surface area contributed by atoms with Crippen molar-refractivity contribution < 1.29 is 14.3 Å². The summed E-state index contributed by atoms with van der Waals surface area (Å²) in [6.45, 7) is 11.0. The summed E-state index contributed by atoms with van der Waals surface area (Å²) in [4.78, 5) is 29.2. The van der Waals surface area contributed by atoms with Gasteiger partial charge in [-0.25, -0.2) is 9.78 Å². The third-order valence-electron chi connectivity index (χ3n) is 3.81. The van der Waals surface area contributed by atoms with Crippen molar-refractivity contribution in [2.45, 2.75) is 59.6 Å². The first-order chi connectivity index (χ1) is 10.7. The number of esters is 1. The quantitative estimate of drug-likeness (QED) is 0.804. The molecule has 5 nitrogen and oxygen atoms in total. The maximum absolute atomic E-state index is 12.6. The van der Waals surface area contributed by atoms with Gasteiger partial charge < -0.3 is 9.30 Å². The summed E-state index contributed by atoms with van der Waals surface area (Å²) in [5.41, 5.74) is 1.26. The van der Waals surface area contributed by atoms with Crippen LogP contribution in [-0.4, -0.2) is 26.9 Å². The molecule has 0 saturated carbocycles. The van der Waals surface area contributed by atoms with Crippen molar-refractivity contribution in [1.82, 2.24) is 9.55 Å². The van der Waals surface area contributed by atoms with Crippen molar-refractivity contribution >= 4 is 22.8 Å². The highest BCUT2D eigenvalue weighted by atomic mass is 16.6. The van der Waals surface area contributed by atoms with E-state index in [9.17, 15) is 9.59 Å². The van der Waals surface area contributed by atoms with Crippen molar-refractivity contribution in [3.8, 4) is 0 Å². The molecule has 0 amide bonds. The standard InChI is InChI=1S/C18H24N2O3/c1-7-14(21)11(2)20-12(3)15(17(22)23-18(4,5)6)13-9-8-10-19-16(13)20/h8-11H,7H2,1-6H3. The monoisotopic (exact) mass is 316 g/mol. The van der Waals surface area contributed by atoms with Gasteiger partial charge in [-0.2, -0.15) is 0 Å². The Hall–Kier alpha value is -2.17. The second-order valence-corrected chi connectivity index (χ2v) is 6.70. The predicted octanol–water partition coefficient (Wildman–Crippen LogP) is 3.84. The van der Waals surface area contributed by atoms with Gasteiger partial charge in [0.15, 0.2) is 5.78 Å². The van der Waals surface area contributed by atoms with Crippen LogP contribution in [0.5, 0.6) is 0 Å². The molecule has 2 aromatic rings. The highest BCUT2D eigenvalue weighted by Gasteiger charge is 2.28. The summed E-state index contributed by atoms with van der Waals surface area (Å²) in [5.74, 6) is -0.283. The molecule has 2 aromatic heterocycles. The van der Waals surface area contributed by atoms with E-state index in [1.54, 1.807) is 12.3 Å². The first-order valence-corrected chi connectivity index (χ1v) is 7.89. The smallest absolute Gasteiger partial charge is 0.341 e. The van der Waals surface area contributed by atoms with E-state index in [0.29, 0.717) is 23.3 Å². The lowest BCUT2D eigenvalue weighted by Crippen LogP contribution is -2.24. The lowest BCUT2D eigenvalue weighted by Gasteiger charge is -2.20. The number of fused-ring (bicyclic) bond motifs is 1. The summed E-state index contributed by atoms with van der Waals surface area (Å²) in [6, 6.07) is 3.26. The van der Waals surface area contributed by atoms with E-state index in [0.717, 1.165) is 5.39 Å². The minimum atomic E-state index is -0.578. The summed E-state index contributed by atoms with van der Waals surface area (Å²) in [5, 5.41) is 0.718. The molecule has 0 aromatic carbocycles. The molecule has 1 unspecified atom stereocenters. The van der Waals surface area contributed by atoms with Crippen LogP contribution in [0.3, 0.4) is 0 Å². The molecule has 1 atom stereocenters. The minimum Gasteiger partial charge on any atom is -0.456 e. The van der Waals surface area contributed by atoms with Gasteiger partial charge in [0.2, 0.25) is 0 Å². The molecular formula is C18H24N2O3. The van der Waals surface area contributed by atoms with Gasteiger partial charge in [0.25, 0.3) is 0 Å². The van der Waals surface area contributed by atoms with Crippen LogP contribution < -0.4 is 0 Å². The number of hydrogen-bond donors (Lipinski definition) is 0. The molecule has 0 aliphatic heterocycles. The Labute approximate surface area is 136 Å². The zero-order chi connectivity index (χ0) is 17.4. The third kappa shape index (κ3) is 3.28. The Bertz CT molecular complexity index is 753. The van der Waals surface area contributed by atoms with E-state index >= 15 is 0 Å². The normalized spacial score (nSPS) is 13.1. The fourth-order valence-electron chi connectivity index (χ4n) is 2.76. The highest BCUT2D eigenvalue weighted by molar-refractivity contribution is 6.05. The molecule has 0 radical (unpaired) electrons. The fraction of sp³-hybridized carbons (Fsp3) is 0.500. The second-order valence-electron chi connectivity index (χ2n) is 6.70. The number of ether oxygens (including phenoxy) is 1. The molecule has 0 aliphatic rings. The molecule has 0 spiro atoms. The molecule has 0 saturated heterocycles. The lowest BCUT2D eigenvalue weighted by atomic mass is 10.1. The van der Waals surface area contributed by atoms with Crippen molar-refractivity contribution in [1.29, 1.82) is 0 Å². The number of rotatable bonds is 4. The Morgan fingerprint density at radius 3 is 2.57 bits per heavy atom. The van der Waals surface area contributed by atoms with Crippen LogP contribution in [0, 0.1) is 6.92 Å². The zero-order valence-electron chi connectivity index (χ0n) is 14.6. The number of carbonyl (C=O) groups is 2. The molecule has 0 N–H and O–H groups in total. The van der Waals surface area contributed by atoms with E-state index in [4.69, 9.17) is 4.74 Å². The number of ketones is 1. The molecule has 0 bridgehead atoms. The molecule has 0 aliphatic carbocycles. The second kappa shape index (κ2) is 6.14. The summed E-state index contributed by atoms with van der Waals surface area (Å²) in [6.07, 6.45) is 2.11. The van der Waals surface area contributed by atoms with E-state index in [1.807, 2.05) is 52.2 Å². The molecule has 2 heterocycles. The summed E-state index contributed by atoms with van der Waals surface area (Å²) >= 11 is 0. The van der Waals surface area contributed by atoms with Gasteiger partial charge in [-0.1, -0.05) is 6.92 Å². The maximum Gasteiger partial charge on any atom is 0.341 e. The molecule has 124 valence electrons. The van der Waals surface area contributed by atoms with E-state index in [2.05, 4.69) is 4.98 Å². The number of carbonyl (C=O) groups excluding carboxylic acids is 2. The number of hydrogen-bond acceptors (Lipinski definition) is 4. The van der Waals surface area contributed by atoms with Gasteiger partial charge in [-0.05, 0) is 46.8 Å². The molecule has 5 heteroatoms. The Balaban J connectivity index is 2.65. The molecular weight excluding hydrogens is 292 g/mol. The van der Waals surface area contributed by atoms with Crippen LogP contribution in [-0.2, 0) is 9.53 Å². The average molecular weight is 316 g/mol. The van der Waals surface area contributed by atoms with E-state index < -0.39 is 5.60 Å². The van der Waals surface area contributed by atoms with Gasteiger partial charge in [0, 0.05) is 23.7 Å². The van der Waals surface area contributed by atoms with E-state index in [-0.39, 0.29) is 17.8 Å². The zero-order valence-corrected chi connectivity index (χ0v) is 14.6. The van der Waals surface area contributed by atoms with Gasteiger partial charge >= 0.3 is 5.97 Å². The number of pyridine rings is 1. The van der Waals surface area contributed by atoms with Crippen LogP contribution >= 0.6 is 0 Å². The van der Waals surface area contributed by atoms with Gasteiger partial charge in [0.1, 0.15) is 11.2 Å². The van der Waals surface area contributed by atoms with Gasteiger partial charge in [0.05, 0.1) is 11.6 Å². The molecule has 0 fully saturated rings. The minimum absolute atomic E-state index is 0.103. The fourth-order valence-corrected chi connectivity index (χ4v) is 2.76. The van der Waals surface area contributed by atoms with E-state index in [1.165, 1.54) is 0 Å². The maximum atomic E-state index is 12.6. The summed E-state index contributed by atoms with van der Waals surface area (Å²) in [7, 11) is 0. The Kier molecular flexibility index (Phi) is 4.59.